The van der Waals surface area contributed by atoms with Crippen molar-refractivity contribution in [1.29, 1.82) is 0 Å². The van der Waals surface area contributed by atoms with Crippen molar-refractivity contribution in [2.75, 3.05) is 26.2 Å². The number of benzene rings is 2. The number of carbonyl (C=O) groups excluding carboxylic acids is 1. The van der Waals surface area contributed by atoms with E-state index in [0.29, 0.717) is 49.0 Å². The molecule has 1 N–H and O–H groups in total. The summed E-state index contributed by atoms with van der Waals surface area (Å²) in [7, 11) is 0. The summed E-state index contributed by atoms with van der Waals surface area (Å²) in [6, 6.07) is 6.16. The van der Waals surface area contributed by atoms with Gasteiger partial charge in [-0.1, -0.05) is 23.2 Å². The Labute approximate surface area is 206 Å². The van der Waals surface area contributed by atoms with Crippen LogP contribution in [-0.2, 0) is 22.5 Å². The molecule has 34 heavy (non-hydrogen) atoms. The normalized spacial score (nSPS) is 21.1. The molecule has 0 unspecified atom stereocenters. The number of amides is 1. The number of carboxylic acid groups (broad SMARTS) is 1. The van der Waals surface area contributed by atoms with Gasteiger partial charge in [-0.3, -0.25) is 9.69 Å². The van der Waals surface area contributed by atoms with Gasteiger partial charge in [-0.2, -0.15) is 0 Å². The van der Waals surface area contributed by atoms with E-state index in [1.807, 2.05) is 17.0 Å². The van der Waals surface area contributed by atoms with Crippen molar-refractivity contribution in [3.05, 3.63) is 68.7 Å². The molecular weight excluding hydrogens is 489 g/mol. The van der Waals surface area contributed by atoms with Crippen molar-refractivity contribution in [2.24, 2.45) is 0 Å². The van der Waals surface area contributed by atoms with Gasteiger partial charge in [0.25, 0.3) is 5.91 Å². The van der Waals surface area contributed by atoms with Gasteiger partial charge in [0.05, 0.1) is 18.3 Å². The first-order valence-electron chi connectivity index (χ1n) is 11.0. The van der Waals surface area contributed by atoms with Crippen LogP contribution in [-0.4, -0.2) is 65.2 Å². The lowest BCUT2D eigenvalue weighted by Gasteiger charge is -2.33. The third-order valence-electron chi connectivity index (χ3n) is 6.17. The molecule has 0 aliphatic carbocycles. The van der Waals surface area contributed by atoms with Gasteiger partial charge >= 0.3 is 5.97 Å². The van der Waals surface area contributed by atoms with E-state index < -0.39 is 35.1 Å². The summed E-state index contributed by atoms with van der Waals surface area (Å²) in [5, 5.41) is 10.3. The topological polar surface area (TPSA) is 70.1 Å². The zero-order valence-corrected chi connectivity index (χ0v) is 19.8. The SMILES string of the molecule is O=C(O)[C@@H]1CCCN1C(=O)c1cc(F)c(CN2CCO[C@H](Cc3cc(Cl)cc(Cl)c3)C2)cc1F. The van der Waals surface area contributed by atoms with Crippen molar-refractivity contribution in [3.8, 4) is 0 Å². The molecule has 0 saturated carbocycles. The van der Waals surface area contributed by atoms with Crippen LogP contribution in [0.2, 0.25) is 10.0 Å². The highest BCUT2D eigenvalue weighted by Gasteiger charge is 2.35. The molecule has 2 atom stereocenters. The number of likely N-dealkylation sites (tertiary alicyclic amines) is 1. The number of aliphatic carboxylic acids is 1. The van der Waals surface area contributed by atoms with Crippen molar-refractivity contribution in [1.82, 2.24) is 9.80 Å². The van der Waals surface area contributed by atoms with Crippen molar-refractivity contribution in [3.63, 3.8) is 0 Å². The van der Waals surface area contributed by atoms with Crippen LogP contribution in [0.25, 0.3) is 0 Å². The zero-order chi connectivity index (χ0) is 24.4. The maximum Gasteiger partial charge on any atom is 0.326 e. The minimum Gasteiger partial charge on any atom is -0.480 e. The number of halogens is 4. The van der Waals surface area contributed by atoms with Crippen LogP contribution < -0.4 is 0 Å². The van der Waals surface area contributed by atoms with Crippen molar-refractivity contribution in [2.45, 2.75) is 38.0 Å². The van der Waals surface area contributed by atoms with Gasteiger partial charge in [-0.25, -0.2) is 13.6 Å². The van der Waals surface area contributed by atoms with E-state index in [9.17, 15) is 23.5 Å². The molecule has 6 nitrogen and oxygen atoms in total. The van der Waals surface area contributed by atoms with Crippen molar-refractivity contribution >= 4 is 35.1 Å². The third kappa shape index (κ3) is 5.68. The van der Waals surface area contributed by atoms with Gasteiger partial charge in [0, 0.05) is 41.8 Å². The molecule has 0 radical (unpaired) electrons. The van der Waals surface area contributed by atoms with Crippen LogP contribution in [0.5, 0.6) is 0 Å². The monoisotopic (exact) mass is 512 g/mol. The largest absolute Gasteiger partial charge is 0.480 e. The lowest BCUT2D eigenvalue weighted by molar-refractivity contribution is -0.141. The fourth-order valence-electron chi connectivity index (χ4n) is 4.57. The second-order valence-electron chi connectivity index (χ2n) is 8.63. The molecule has 10 heteroatoms. The number of carbonyl (C=O) groups is 2. The Kier molecular flexibility index (Phi) is 7.72. The summed E-state index contributed by atoms with van der Waals surface area (Å²) in [6.07, 6.45) is 1.20. The second kappa shape index (κ2) is 10.6. The first-order valence-corrected chi connectivity index (χ1v) is 11.8. The zero-order valence-electron chi connectivity index (χ0n) is 18.3. The third-order valence-corrected chi connectivity index (χ3v) is 6.60. The number of hydrogen-bond acceptors (Lipinski definition) is 4. The van der Waals surface area contributed by atoms with Crippen LogP contribution in [0, 0.1) is 11.6 Å². The standard InChI is InChI=1S/C24H24Cl2F2N2O4/c25-16-6-14(7-17(26)10-16)8-18-13-29(4-5-34-18)12-15-9-21(28)19(11-20(15)27)23(31)30-3-1-2-22(30)24(32)33/h6-7,9-11,18,22H,1-5,8,12-13H2,(H,32,33)/t18-,22+/m1/s1. The summed E-state index contributed by atoms with van der Waals surface area (Å²) in [5.41, 5.74) is 0.592. The van der Waals surface area contributed by atoms with Crippen LogP contribution >= 0.6 is 23.2 Å². The smallest absolute Gasteiger partial charge is 0.326 e. The van der Waals surface area contributed by atoms with Crippen LogP contribution in [0.1, 0.15) is 34.3 Å². The molecule has 0 bridgehead atoms. The fourth-order valence-corrected chi connectivity index (χ4v) is 5.15. The highest BCUT2D eigenvalue weighted by molar-refractivity contribution is 6.34. The quantitative estimate of drug-likeness (QED) is 0.620. The van der Waals surface area contributed by atoms with Crippen molar-refractivity contribution < 1.29 is 28.2 Å². The predicted octanol–water partition coefficient (Wildman–Crippen LogP) is 4.40. The first kappa shape index (κ1) is 24.9. The Balaban J connectivity index is 1.44. The molecule has 2 fully saturated rings. The molecular formula is C24H24Cl2F2N2O4. The van der Waals surface area contributed by atoms with Crippen LogP contribution in [0.15, 0.2) is 30.3 Å². The molecule has 0 spiro atoms. The highest BCUT2D eigenvalue weighted by Crippen LogP contribution is 2.25. The minimum atomic E-state index is -1.15. The Morgan fingerprint density at radius 2 is 1.79 bits per heavy atom. The maximum atomic E-state index is 14.9. The Morgan fingerprint density at radius 3 is 2.50 bits per heavy atom. The number of carboxylic acids is 1. The van der Waals surface area contributed by atoms with E-state index in [2.05, 4.69) is 0 Å². The lowest BCUT2D eigenvalue weighted by atomic mass is 10.0. The van der Waals surface area contributed by atoms with Gasteiger partial charge in [-0.15, -0.1) is 0 Å². The van der Waals surface area contributed by atoms with Gasteiger partial charge < -0.3 is 14.7 Å². The Bertz CT molecular complexity index is 1080. The molecule has 0 aromatic heterocycles. The molecule has 1 amide bonds. The lowest BCUT2D eigenvalue weighted by Crippen LogP contribution is -2.43. The molecule has 2 aliphatic rings. The Morgan fingerprint density at radius 1 is 1.06 bits per heavy atom. The van der Waals surface area contributed by atoms with Gasteiger partial charge in [0.15, 0.2) is 0 Å². The van der Waals surface area contributed by atoms with Gasteiger partial charge in [-0.05, 0) is 55.2 Å². The predicted molar refractivity (Wildman–Crippen MR) is 123 cm³/mol. The number of rotatable bonds is 6. The number of ether oxygens (including phenoxy) is 1. The first-order chi connectivity index (χ1) is 16.2. The molecule has 4 rings (SSSR count). The maximum absolute atomic E-state index is 14.9. The molecule has 182 valence electrons. The number of morpholine rings is 1. The summed E-state index contributed by atoms with van der Waals surface area (Å²) in [4.78, 5) is 27.1. The summed E-state index contributed by atoms with van der Waals surface area (Å²) in [5.74, 6) is -3.53. The molecule has 2 aromatic carbocycles. The minimum absolute atomic E-state index is 0.122. The molecule has 2 saturated heterocycles. The van der Waals surface area contributed by atoms with E-state index in [1.54, 1.807) is 6.07 Å². The molecule has 2 heterocycles. The average Bonchev–Trinajstić information content (AvgIpc) is 3.25. The number of nitrogens with zero attached hydrogens (tertiary/aromatic N) is 2. The Hall–Kier alpha value is -2.26. The van der Waals surface area contributed by atoms with Crippen LogP contribution in [0.4, 0.5) is 8.78 Å². The molecule has 2 aliphatic heterocycles. The summed E-state index contributed by atoms with van der Waals surface area (Å²) in [6.45, 7) is 1.83. The summed E-state index contributed by atoms with van der Waals surface area (Å²) < 4.78 is 35.5. The highest BCUT2D eigenvalue weighted by atomic mass is 35.5. The van der Waals surface area contributed by atoms with E-state index in [4.69, 9.17) is 27.9 Å². The summed E-state index contributed by atoms with van der Waals surface area (Å²) >= 11 is 12.1. The van der Waals surface area contributed by atoms with Gasteiger partial charge in [0.1, 0.15) is 17.7 Å². The van der Waals surface area contributed by atoms with E-state index >= 15 is 0 Å². The van der Waals surface area contributed by atoms with E-state index in [0.717, 1.165) is 22.6 Å². The van der Waals surface area contributed by atoms with E-state index in [-0.39, 0.29) is 24.8 Å². The molecule has 2 aromatic rings. The second-order valence-corrected chi connectivity index (χ2v) is 9.50. The van der Waals surface area contributed by atoms with Crippen LogP contribution in [0.3, 0.4) is 0 Å². The average molecular weight is 513 g/mol. The number of hydrogen-bond donors (Lipinski definition) is 1. The fraction of sp³-hybridized carbons (Fsp3) is 0.417. The van der Waals surface area contributed by atoms with Gasteiger partial charge in [0.2, 0.25) is 0 Å². The van der Waals surface area contributed by atoms with E-state index in [1.165, 1.54) is 0 Å².